The summed E-state index contributed by atoms with van der Waals surface area (Å²) in [6, 6.07) is 2.85. The monoisotopic (exact) mass is 450 g/mol. The summed E-state index contributed by atoms with van der Waals surface area (Å²) >= 11 is 1.83. The van der Waals surface area contributed by atoms with Gasteiger partial charge in [-0.25, -0.2) is 9.50 Å². The van der Waals surface area contributed by atoms with E-state index in [0.717, 1.165) is 66.8 Å². The third-order valence-electron chi connectivity index (χ3n) is 6.53. The van der Waals surface area contributed by atoms with Crippen LogP contribution in [-0.4, -0.2) is 57.8 Å². The Balaban J connectivity index is 1.47. The number of nitrogens with zero attached hydrogens (tertiary/aromatic N) is 8. The molecule has 0 bridgehead atoms. The molecule has 168 valence electrons. The zero-order valence-electron chi connectivity index (χ0n) is 18.9. The Morgan fingerprint density at radius 2 is 1.78 bits per heavy atom. The van der Waals surface area contributed by atoms with Gasteiger partial charge in [0, 0.05) is 36.6 Å². The van der Waals surface area contributed by atoms with E-state index < -0.39 is 0 Å². The van der Waals surface area contributed by atoms with E-state index in [1.165, 1.54) is 0 Å². The molecule has 0 spiro atoms. The van der Waals surface area contributed by atoms with Gasteiger partial charge in [0.15, 0.2) is 0 Å². The predicted molar refractivity (Wildman–Crippen MR) is 128 cm³/mol. The van der Waals surface area contributed by atoms with Crippen LogP contribution >= 0.6 is 11.9 Å². The van der Waals surface area contributed by atoms with Crippen molar-refractivity contribution in [3.63, 3.8) is 0 Å². The maximum Gasteiger partial charge on any atom is 0.0999 e. The molecule has 8 nitrogen and oxygen atoms in total. The van der Waals surface area contributed by atoms with Gasteiger partial charge >= 0.3 is 0 Å². The molecule has 5 heterocycles. The maximum absolute atomic E-state index is 5.04. The molecular formula is C23H30N8S. The van der Waals surface area contributed by atoms with Crippen LogP contribution in [0.3, 0.4) is 0 Å². The van der Waals surface area contributed by atoms with Crippen LogP contribution in [0.2, 0.25) is 0 Å². The second kappa shape index (κ2) is 9.07. The van der Waals surface area contributed by atoms with Crippen molar-refractivity contribution < 1.29 is 0 Å². The SMILES string of the molecule is CCC(CC)n1cc(-c2nc(-c3cnn(C4CCN(SC)CC4)c3)cn3nccc23)cn1. The molecule has 1 aliphatic heterocycles. The van der Waals surface area contributed by atoms with Crippen molar-refractivity contribution in [3.8, 4) is 22.5 Å². The molecule has 1 aliphatic rings. The first-order valence-electron chi connectivity index (χ1n) is 11.4. The van der Waals surface area contributed by atoms with E-state index >= 15 is 0 Å². The molecule has 0 amide bonds. The van der Waals surface area contributed by atoms with Crippen LogP contribution < -0.4 is 0 Å². The summed E-state index contributed by atoms with van der Waals surface area (Å²) in [4.78, 5) is 5.04. The van der Waals surface area contributed by atoms with E-state index in [1.807, 2.05) is 47.3 Å². The molecule has 4 aromatic heterocycles. The zero-order chi connectivity index (χ0) is 22.1. The Morgan fingerprint density at radius 1 is 1.00 bits per heavy atom. The number of fused-ring (bicyclic) bond motifs is 1. The van der Waals surface area contributed by atoms with Crippen LogP contribution in [-0.2, 0) is 0 Å². The lowest BCUT2D eigenvalue weighted by molar-refractivity contribution is 0.276. The lowest BCUT2D eigenvalue weighted by atomic mass is 10.1. The average Bonchev–Trinajstić information content (AvgIpc) is 3.60. The lowest BCUT2D eigenvalue weighted by Gasteiger charge is -2.30. The van der Waals surface area contributed by atoms with Crippen LogP contribution in [0.15, 0.2) is 43.2 Å². The molecule has 0 unspecified atom stereocenters. The van der Waals surface area contributed by atoms with Gasteiger partial charge in [-0.3, -0.25) is 13.7 Å². The van der Waals surface area contributed by atoms with Crippen molar-refractivity contribution in [2.75, 3.05) is 19.3 Å². The van der Waals surface area contributed by atoms with Gasteiger partial charge in [-0.2, -0.15) is 15.3 Å². The van der Waals surface area contributed by atoms with Gasteiger partial charge in [0.05, 0.1) is 53.8 Å². The molecule has 0 N–H and O–H groups in total. The zero-order valence-corrected chi connectivity index (χ0v) is 19.7. The summed E-state index contributed by atoms with van der Waals surface area (Å²) in [7, 11) is 0. The second-order valence-electron chi connectivity index (χ2n) is 8.37. The minimum absolute atomic E-state index is 0.406. The minimum atomic E-state index is 0.406. The molecule has 32 heavy (non-hydrogen) atoms. The van der Waals surface area contributed by atoms with Gasteiger partial charge in [0.1, 0.15) is 0 Å². The third-order valence-corrected chi connectivity index (χ3v) is 7.42. The van der Waals surface area contributed by atoms with Gasteiger partial charge in [0.2, 0.25) is 0 Å². The first kappa shape index (κ1) is 21.2. The van der Waals surface area contributed by atoms with Gasteiger partial charge in [-0.1, -0.05) is 25.8 Å². The van der Waals surface area contributed by atoms with E-state index in [2.05, 4.69) is 56.4 Å². The van der Waals surface area contributed by atoms with Crippen molar-refractivity contribution in [1.82, 2.24) is 38.5 Å². The highest BCUT2D eigenvalue weighted by atomic mass is 32.2. The number of hydrogen-bond acceptors (Lipinski definition) is 6. The van der Waals surface area contributed by atoms with E-state index in [1.54, 1.807) is 0 Å². The molecule has 1 saturated heterocycles. The summed E-state index contributed by atoms with van der Waals surface area (Å²) in [6.45, 7) is 6.60. The summed E-state index contributed by atoms with van der Waals surface area (Å²) < 4.78 is 8.50. The number of rotatable bonds is 7. The lowest BCUT2D eigenvalue weighted by Crippen LogP contribution is -2.29. The summed E-state index contributed by atoms with van der Waals surface area (Å²) in [6.07, 6.45) is 18.4. The van der Waals surface area contributed by atoms with Crippen LogP contribution in [0.4, 0.5) is 0 Å². The smallest absolute Gasteiger partial charge is 0.0999 e. The normalized spacial score (nSPS) is 15.9. The average molecular weight is 451 g/mol. The molecular weight excluding hydrogens is 420 g/mol. The fourth-order valence-electron chi connectivity index (χ4n) is 4.56. The summed E-state index contributed by atoms with van der Waals surface area (Å²) in [5.41, 5.74) is 4.79. The molecule has 0 saturated carbocycles. The topological polar surface area (TPSA) is 69.1 Å². The molecule has 1 fully saturated rings. The van der Waals surface area contributed by atoms with E-state index in [-0.39, 0.29) is 0 Å². The molecule has 9 heteroatoms. The van der Waals surface area contributed by atoms with Crippen molar-refractivity contribution >= 4 is 17.5 Å². The van der Waals surface area contributed by atoms with Crippen molar-refractivity contribution in [2.45, 2.75) is 51.6 Å². The number of piperidine rings is 1. The summed E-state index contributed by atoms with van der Waals surface area (Å²) in [5, 5.41) is 13.8. The van der Waals surface area contributed by atoms with Gasteiger partial charge < -0.3 is 0 Å². The fourth-order valence-corrected chi connectivity index (χ4v) is 5.14. The van der Waals surface area contributed by atoms with Crippen LogP contribution in [0, 0.1) is 0 Å². The van der Waals surface area contributed by atoms with Crippen LogP contribution in [0.5, 0.6) is 0 Å². The predicted octanol–water partition coefficient (Wildman–Crippen LogP) is 4.73. The Morgan fingerprint density at radius 3 is 2.53 bits per heavy atom. The Labute approximate surface area is 192 Å². The van der Waals surface area contributed by atoms with Crippen molar-refractivity contribution in [1.29, 1.82) is 0 Å². The number of hydrogen-bond donors (Lipinski definition) is 0. The first-order valence-corrected chi connectivity index (χ1v) is 12.6. The molecule has 5 rings (SSSR count). The fraction of sp³-hybridized carbons (Fsp3) is 0.478. The molecule has 0 atom stereocenters. The van der Waals surface area contributed by atoms with E-state index in [4.69, 9.17) is 10.1 Å². The number of aromatic nitrogens is 7. The highest BCUT2D eigenvalue weighted by Gasteiger charge is 2.21. The first-order chi connectivity index (χ1) is 15.7. The Hall–Kier alpha value is -2.65. The highest BCUT2D eigenvalue weighted by molar-refractivity contribution is 7.96. The standard InChI is InChI=1S/C23H30N8S/c1-4-19(5-2)29-15-18(13-26-29)23-22-6-9-24-31(22)16-21(27-23)17-12-25-30(14-17)20-7-10-28(32-3)11-8-20/h6,9,12-16,19-20H,4-5,7-8,10-11H2,1-3H3. The minimum Gasteiger partial charge on any atom is -0.269 e. The highest BCUT2D eigenvalue weighted by Crippen LogP contribution is 2.30. The van der Waals surface area contributed by atoms with Crippen molar-refractivity contribution in [3.05, 3.63) is 43.2 Å². The largest absolute Gasteiger partial charge is 0.269 e. The second-order valence-corrected chi connectivity index (χ2v) is 9.25. The third kappa shape index (κ3) is 3.95. The van der Waals surface area contributed by atoms with Gasteiger partial charge in [0.25, 0.3) is 0 Å². The molecule has 0 radical (unpaired) electrons. The van der Waals surface area contributed by atoms with Crippen LogP contribution in [0.1, 0.15) is 51.6 Å². The van der Waals surface area contributed by atoms with E-state index in [0.29, 0.717) is 12.1 Å². The maximum atomic E-state index is 5.04. The van der Waals surface area contributed by atoms with Crippen molar-refractivity contribution in [2.24, 2.45) is 0 Å². The Bertz CT molecular complexity index is 1180. The summed E-state index contributed by atoms with van der Waals surface area (Å²) in [5.74, 6) is 0. The molecule has 0 aliphatic carbocycles. The molecule has 0 aromatic carbocycles. The van der Waals surface area contributed by atoms with Crippen LogP contribution in [0.25, 0.3) is 28.0 Å². The van der Waals surface area contributed by atoms with Gasteiger partial charge in [-0.15, -0.1) is 0 Å². The van der Waals surface area contributed by atoms with Gasteiger partial charge in [-0.05, 0) is 38.0 Å². The Kier molecular flexibility index (Phi) is 6.01. The molecule has 4 aromatic rings. The quantitative estimate of drug-likeness (QED) is 0.379. The van der Waals surface area contributed by atoms with E-state index in [9.17, 15) is 0 Å².